The van der Waals surface area contributed by atoms with Gasteiger partial charge in [-0.15, -0.1) is 5.10 Å². The number of para-hydroxylation sites is 1. The molecule has 1 heterocycles. The number of carbonyl (C=O) groups is 1. The van der Waals surface area contributed by atoms with E-state index in [0.717, 1.165) is 12.1 Å². The van der Waals surface area contributed by atoms with Crippen molar-refractivity contribution in [2.75, 3.05) is 0 Å². The molecule has 0 N–H and O–H groups in total. The van der Waals surface area contributed by atoms with Crippen LogP contribution in [0.15, 0.2) is 60.8 Å². The summed E-state index contributed by atoms with van der Waals surface area (Å²) in [6.07, 6.45) is 2.46. The van der Waals surface area contributed by atoms with Crippen molar-refractivity contribution in [3.05, 3.63) is 77.6 Å². The fourth-order valence-corrected chi connectivity index (χ4v) is 2.19. The number of carbonyl (C=O) groups excluding carboxylic acids is 1. The van der Waals surface area contributed by atoms with Gasteiger partial charge in [-0.05, 0) is 24.1 Å². The first-order valence-electron chi connectivity index (χ1n) is 6.89. The van der Waals surface area contributed by atoms with Crippen molar-refractivity contribution in [2.45, 2.75) is 13.3 Å². The predicted octanol–water partition coefficient (Wildman–Crippen LogP) is 3.06. The smallest absolute Gasteiger partial charge is 0.213 e. The zero-order valence-electron chi connectivity index (χ0n) is 11.7. The van der Waals surface area contributed by atoms with Gasteiger partial charge in [-0.25, -0.2) is 4.68 Å². The number of aryl methyl sites for hydroxylation is 1. The van der Waals surface area contributed by atoms with Crippen LogP contribution in [-0.4, -0.2) is 20.8 Å². The van der Waals surface area contributed by atoms with Crippen molar-refractivity contribution in [2.24, 2.45) is 0 Å². The number of hydrogen-bond acceptors (Lipinski definition) is 3. The first kappa shape index (κ1) is 13.2. The van der Waals surface area contributed by atoms with Gasteiger partial charge in [-0.2, -0.15) is 0 Å². The molecular weight excluding hydrogens is 262 g/mol. The molecule has 0 fully saturated rings. The molecule has 2 aromatic carbocycles. The van der Waals surface area contributed by atoms with E-state index in [1.807, 2.05) is 54.6 Å². The van der Waals surface area contributed by atoms with Crippen LogP contribution >= 0.6 is 0 Å². The third-order valence-corrected chi connectivity index (χ3v) is 3.41. The van der Waals surface area contributed by atoms with Crippen LogP contribution in [0.2, 0.25) is 0 Å². The topological polar surface area (TPSA) is 47.8 Å². The minimum absolute atomic E-state index is 0.0773. The van der Waals surface area contributed by atoms with Crippen LogP contribution < -0.4 is 0 Å². The van der Waals surface area contributed by atoms with Gasteiger partial charge < -0.3 is 0 Å². The highest BCUT2D eigenvalue weighted by Crippen LogP contribution is 2.14. The predicted molar refractivity (Wildman–Crippen MR) is 80.6 cm³/mol. The third-order valence-electron chi connectivity index (χ3n) is 3.41. The Morgan fingerprint density at radius 2 is 1.76 bits per heavy atom. The molecule has 0 aliphatic heterocycles. The normalized spacial score (nSPS) is 10.5. The van der Waals surface area contributed by atoms with E-state index in [1.165, 1.54) is 11.8 Å². The average Bonchev–Trinajstić information content (AvgIpc) is 3.04. The van der Waals surface area contributed by atoms with Crippen molar-refractivity contribution in [3.8, 4) is 5.69 Å². The highest BCUT2D eigenvalue weighted by molar-refractivity contribution is 6.08. The van der Waals surface area contributed by atoms with E-state index in [4.69, 9.17) is 0 Å². The Labute approximate surface area is 123 Å². The molecule has 0 spiro atoms. The van der Waals surface area contributed by atoms with Gasteiger partial charge in [0.2, 0.25) is 5.78 Å². The van der Waals surface area contributed by atoms with Gasteiger partial charge in [0.1, 0.15) is 5.69 Å². The highest BCUT2D eigenvalue weighted by atomic mass is 16.1. The second-order valence-corrected chi connectivity index (χ2v) is 4.75. The maximum atomic E-state index is 12.6. The van der Waals surface area contributed by atoms with Crippen molar-refractivity contribution in [1.29, 1.82) is 0 Å². The lowest BCUT2D eigenvalue weighted by Gasteiger charge is -2.05. The molecule has 3 aromatic rings. The lowest BCUT2D eigenvalue weighted by Crippen LogP contribution is -2.10. The number of aromatic nitrogens is 3. The molecule has 0 atom stereocenters. The molecule has 0 bridgehead atoms. The molecule has 0 radical (unpaired) electrons. The molecule has 0 saturated carbocycles. The van der Waals surface area contributed by atoms with Gasteiger partial charge in [-0.1, -0.05) is 54.6 Å². The summed E-state index contributed by atoms with van der Waals surface area (Å²) in [6, 6.07) is 17.2. The molecule has 0 aliphatic carbocycles. The Bertz CT molecular complexity index is 745. The van der Waals surface area contributed by atoms with Gasteiger partial charge in [0.25, 0.3) is 0 Å². The summed E-state index contributed by atoms with van der Waals surface area (Å²) in [7, 11) is 0. The van der Waals surface area contributed by atoms with Gasteiger partial charge in [-0.3, -0.25) is 4.79 Å². The summed E-state index contributed by atoms with van der Waals surface area (Å²) in [4.78, 5) is 12.6. The van der Waals surface area contributed by atoms with Gasteiger partial charge in [0, 0.05) is 5.56 Å². The van der Waals surface area contributed by atoms with E-state index in [9.17, 15) is 4.79 Å². The van der Waals surface area contributed by atoms with E-state index in [2.05, 4.69) is 17.2 Å². The maximum absolute atomic E-state index is 12.6. The summed E-state index contributed by atoms with van der Waals surface area (Å²) in [5.74, 6) is -0.0773. The number of benzene rings is 2. The van der Waals surface area contributed by atoms with E-state index in [-0.39, 0.29) is 5.78 Å². The molecule has 4 nitrogen and oxygen atoms in total. The minimum atomic E-state index is -0.0773. The Morgan fingerprint density at radius 1 is 1.05 bits per heavy atom. The van der Waals surface area contributed by atoms with E-state index in [0.29, 0.717) is 11.3 Å². The standard InChI is InChI=1S/C17H15N3O/c1-2-13-8-10-14(11-9-13)17(21)16-12-18-19-20(16)15-6-4-3-5-7-15/h3-12H,2H2,1H3. The Hall–Kier alpha value is -2.75. The second-order valence-electron chi connectivity index (χ2n) is 4.75. The Balaban J connectivity index is 1.97. The van der Waals surface area contributed by atoms with E-state index in [1.54, 1.807) is 4.68 Å². The van der Waals surface area contributed by atoms with Crippen molar-refractivity contribution in [3.63, 3.8) is 0 Å². The lowest BCUT2D eigenvalue weighted by molar-refractivity contribution is 0.103. The quantitative estimate of drug-likeness (QED) is 0.689. The molecule has 4 heteroatoms. The lowest BCUT2D eigenvalue weighted by atomic mass is 10.1. The van der Waals surface area contributed by atoms with E-state index < -0.39 is 0 Å². The van der Waals surface area contributed by atoms with Gasteiger partial charge in [0.05, 0.1) is 11.9 Å². The van der Waals surface area contributed by atoms with Crippen LogP contribution in [-0.2, 0) is 6.42 Å². The molecule has 21 heavy (non-hydrogen) atoms. The first-order chi connectivity index (χ1) is 10.3. The summed E-state index contributed by atoms with van der Waals surface area (Å²) >= 11 is 0. The second kappa shape index (κ2) is 5.71. The minimum Gasteiger partial charge on any atom is -0.287 e. The summed E-state index contributed by atoms with van der Waals surface area (Å²) in [5.41, 5.74) is 3.14. The fraction of sp³-hybridized carbons (Fsp3) is 0.118. The molecule has 0 saturated heterocycles. The van der Waals surface area contributed by atoms with E-state index >= 15 is 0 Å². The van der Waals surface area contributed by atoms with Crippen molar-refractivity contribution >= 4 is 5.78 Å². The number of ketones is 1. The molecule has 1 aromatic heterocycles. The molecule has 0 aliphatic rings. The Kier molecular flexibility index (Phi) is 3.60. The molecule has 0 unspecified atom stereocenters. The first-order valence-corrected chi connectivity index (χ1v) is 6.89. The third kappa shape index (κ3) is 2.60. The summed E-state index contributed by atoms with van der Waals surface area (Å²) in [5, 5.41) is 7.88. The zero-order chi connectivity index (χ0) is 14.7. The van der Waals surface area contributed by atoms with Crippen LogP contribution in [0.5, 0.6) is 0 Å². The monoisotopic (exact) mass is 277 g/mol. The number of rotatable bonds is 4. The number of hydrogen-bond donors (Lipinski definition) is 0. The molecular formula is C17H15N3O. The van der Waals surface area contributed by atoms with Crippen LogP contribution in [0.4, 0.5) is 0 Å². The SMILES string of the molecule is CCc1ccc(C(=O)c2cnnn2-c2ccccc2)cc1. The largest absolute Gasteiger partial charge is 0.287 e. The maximum Gasteiger partial charge on any atom is 0.213 e. The van der Waals surface area contributed by atoms with Gasteiger partial charge >= 0.3 is 0 Å². The molecule has 3 rings (SSSR count). The molecule has 104 valence electrons. The number of nitrogens with zero attached hydrogens (tertiary/aromatic N) is 3. The Morgan fingerprint density at radius 3 is 2.43 bits per heavy atom. The average molecular weight is 277 g/mol. The van der Waals surface area contributed by atoms with Gasteiger partial charge in [0.15, 0.2) is 0 Å². The molecule has 0 amide bonds. The van der Waals surface area contributed by atoms with Crippen molar-refractivity contribution in [1.82, 2.24) is 15.0 Å². The van der Waals surface area contributed by atoms with Crippen LogP contribution in [0.3, 0.4) is 0 Å². The summed E-state index contributed by atoms with van der Waals surface area (Å²) < 4.78 is 1.57. The summed E-state index contributed by atoms with van der Waals surface area (Å²) in [6.45, 7) is 2.09. The van der Waals surface area contributed by atoms with Crippen LogP contribution in [0.25, 0.3) is 5.69 Å². The highest BCUT2D eigenvalue weighted by Gasteiger charge is 2.16. The zero-order valence-corrected chi connectivity index (χ0v) is 11.7. The van der Waals surface area contributed by atoms with Crippen LogP contribution in [0, 0.1) is 0 Å². The van der Waals surface area contributed by atoms with Crippen LogP contribution in [0.1, 0.15) is 28.5 Å². The van der Waals surface area contributed by atoms with Crippen molar-refractivity contribution < 1.29 is 4.79 Å². The fourth-order valence-electron chi connectivity index (χ4n) is 2.19.